The Morgan fingerprint density at radius 1 is 1.17 bits per heavy atom. The third-order valence-corrected chi connectivity index (χ3v) is 4.11. The number of hydrogen-bond acceptors (Lipinski definition) is 6. The van der Waals surface area contributed by atoms with E-state index in [1.807, 2.05) is 36.4 Å². The van der Waals surface area contributed by atoms with Crippen LogP contribution in [0.4, 0.5) is 10.5 Å². The molecule has 0 atom stereocenters. The van der Waals surface area contributed by atoms with Gasteiger partial charge in [0.2, 0.25) is 0 Å². The number of nitrogens with one attached hydrogen (secondary N) is 2. The second-order valence-corrected chi connectivity index (χ2v) is 6.04. The molecule has 8 nitrogen and oxygen atoms in total. The molecule has 0 saturated carbocycles. The van der Waals surface area contributed by atoms with Crippen LogP contribution in [0, 0.1) is 11.3 Å². The van der Waals surface area contributed by atoms with Crippen LogP contribution in [0.3, 0.4) is 0 Å². The maximum atomic E-state index is 12.1. The number of nitrogens with zero attached hydrogens (tertiary/aromatic N) is 2. The van der Waals surface area contributed by atoms with E-state index in [1.165, 1.54) is 12.1 Å². The van der Waals surface area contributed by atoms with E-state index in [2.05, 4.69) is 15.6 Å². The van der Waals surface area contributed by atoms with Crippen molar-refractivity contribution in [2.75, 3.05) is 11.9 Å². The molecule has 0 fully saturated rings. The Labute approximate surface area is 166 Å². The van der Waals surface area contributed by atoms with Crippen molar-refractivity contribution in [3.8, 4) is 11.8 Å². The van der Waals surface area contributed by atoms with E-state index in [4.69, 9.17) is 4.74 Å². The first-order chi connectivity index (χ1) is 14.0. The SMILES string of the molecule is CCOC(=O)c1nc(C#N)c2cc(NC(=O)NCc3ccccc3)ccc2c1O. The molecule has 2 aromatic carbocycles. The zero-order valence-electron chi connectivity index (χ0n) is 15.6. The number of benzene rings is 2. The van der Waals surface area contributed by atoms with Gasteiger partial charge in [0, 0.05) is 23.0 Å². The number of pyridine rings is 1. The predicted octanol–water partition coefficient (Wildman–Crippen LogP) is 3.31. The molecule has 3 N–H and O–H groups in total. The molecule has 29 heavy (non-hydrogen) atoms. The third-order valence-electron chi connectivity index (χ3n) is 4.11. The lowest BCUT2D eigenvalue weighted by Gasteiger charge is -2.11. The number of aromatic nitrogens is 1. The average Bonchev–Trinajstić information content (AvgIpc) is 2.73. The molecule has 0 radical (unpaired) electrons. The quantitative estimate of drug-likeness (QED) is 0.574. The molecule has 8 heteroatoms. The van der Waals surface area contributed by atoms with Crippen molar-refractivity contribution < 1.29 is 19.4 Å². The molecule has 0 saturated heterocycles. The van der Waals surface area contributed by atoms with Gasteiger partial charge in [-0.15, -0.1) is 0 Å². The van der Waals surface area contributed by atoms with E-state index < -0.39 is 12.0 Å². The molecule has 3 rings (SSSR count). The van der Waals surface area contributed by atoms with Crippen LogP contribution in [0.1, 0.15) is 28.7 Å². The van der Waals surface area contributed by atoms with Gasteiger partial charge in [-0.2, -0.15) is 5.26 Å². The zero-order chi connectivity index (χ0) is 20.8. The number of aromatic hydroxyl groups is 1. The van der Waals surface area contributed by atoms with Crippen molar-refractivity contribution in [2.24, 2.45) is 0 Å². The number of hydrogen-bond donors (Lipinski definition) is 3. The van der Waals surface area contributed by atoms with E-state index >= 15 is 0 Å². The highest BCUT2D eigenvalue weighted by molar-refractivity contribution is 6.02. The molecule has 146 valence electrons. The standard InChI is InChI=1S/C21H18N4O4/c1-2-29-20(27)18-19(26)15-9-8-14(10-16(15)17(11-22)25-18)24-21(28)23-12-13-6-4-3-5-7-13/h3-10,26H,2,12H2,1H3,(H2,23,24,28). The van der Waals surface area contributed by atoms with Gasteiger partial charge in [-0.1, -0.05) is 30.3 Å². The van der Waals surface area contributed by atoms with Gasteiger partial charge in [0.15, 0.2) is 11.4 Å². The molecule has 1 heterocycles. The van der Waals surface area contributed by atoms with Gasteiger partial charge in [-0.05, 0) is 30.7 Å². The van der Waals surface area contributed by atoms with Gasteiger partial charge in [0.25, 0.3) is 0 Å². The van der Waals surface area contributed by atoms with Gasteiger partial charge in [-0.3, -0.25) is 0 Å². The first-order valence-corrected chi connectivity index (χ1v) is 8.86. The summed E-state index contributed by atoms with van der Waals surface area (Å²) >= 11 is 0. The van der Waals surface area contributed by atoms with Gasteiger partial charge < -0.3 is 20.5 Å². The second kappa shape index (κ2) is 8.71. The Morgan fingerprint density at radius 2 is 1.93 bits per heavy atom. The van der Waals surface area contributed by atoms with Crippen LogP contribution in [0.5, 0.6) is 5.75 Å². The first kappa shape index (κ1) is 19.6. The largest absolute Gasteiger partial charge is 0.505 e. The third kappa shape index (κ3) is 4.42. The van der Waals surface area contributed by atoms with Crippen molar-refractivity contribution in [1.82, 2.24) is 10.3 Å². The monoisotopic (exact) mass is 390 g/mol. The van der Waals surface area contributed by atoms with Crippen molar-refractivity contribution in [3.63, 3.8) is 0 Å². The number of urea groups is 1. The van der Waals surface area contributed by atoms with Crippen molar-refractivity contribution in [2.45, 2.75) is 13.5 Å². The number of nitriles is 1. The number of anilines is 1. The Morgan fingerprint density at radius 3 is 2.62 bits per heavy atom. The molecule has 0 unspecified atom stereocenters. The van der Waals surface area contributed by atoms with Crippen molar-refractivity contribution in [1.29, 1.82) is 5.26 Å². The number of rotatable bonds is 5. The molecular weight excluding hydrogens is 372 g/mol. The summed E-state index contributed by atoms with van der Waals surface area (Å²) < 4.78 is 4.86. The zero-order valence-corrected chi connectivity index (χ0v) is 15.6. The van der Waals surface area contributed by atoms with Crippen LogP contribution in [-0.4, -0.2) is 28.7 Å². The Hall–Kier alpha value is -4.12. The lowest BCUT2D eigenvalue weighted by Crippen LogP contribution is -2.28. The van der Waals surface area contributed by atoms with Crippen LogP contribution < -0.4 is 10.6 Å². The lowest BCUT2D eigenvalue weighted by molar-refractivity contribution is 0.0516. The van der Waals surface area contributed by atoms with E-state index in [1.54, 1.807) is 13.0 Å². The second-order valence-electron chi connectivity index (χ2n) is 6.04. The fraction of sp³-hybridized carbons (Fsp3) is 0.143. The van der Waals surface area contributed by atoms with E-state index in [-0.39, 0.29) is 29.1 Å². The topological polar surface area (TPSA) is 124 Å². The van der Waals surface area contributed by atoms with Gasteiger partial charge in [0.05, 0.1) is 6.61 Å². The summed E-state index contributed by atoms with van der Waals surface area (Å²) in [4.78, 5) is 28.0. The molecule has 0 aliphatic carbocycles. The van der Waals surface area contributed by atoms with E-state index in [0.29, 0.717) is 17.6 Å². The highest BCUT2D eigenvalue weighted by Crippen LogP contribution is 2.31. The summed E-state index contributed by atoms with van der Waals surface area (Å²) in [5.74, 6) is -1.19. The minimum absolute atomic E-state index is 0.0609. The van der Waals surface area contributed by atoms with Crippen molar-refractivity contribution >= 4 is 28.5 Å². The number of ether oxygens (including phenoxy) is 1. The van der Waals surface area contributed by atoms with E-state index in [9.17, 15) is 20.0 Å². The Kier molecular flexibility index (Phi) is 5.90. The Balaban J connectivity index is 1.84. The molecule has 1 aromatic heterocycles. The Bertz CT molecular complexity index is 1110. The first-order valence-electron chi connectivity index (χ1n) is 8.86. The summed E-state index contributed by atoms with van der Waals surface area (Å²) in [7, 11) is 0. The van der Waals surface area contributed by atoms with Crippen LogP contribution in [0.25, 0.3) is 10.8 Å². The maximum Gasteiger partial charge on any atom is 0.360 e. The molecule has 0 aliphatic rings. The molecule has 0 aliphatic heterocycles. The molecule has 0 spiro atoms. The molecule has 0 bridgehead atoms. The summed E-state index contributed by atoms with van der Waals surface area (Å²) in [6.07, 6.45) is 0. The normalized spacial score (nSPS) is 10.2. The summed E-state index contributed by atoms with van der Waals surface area (Å²) in [5, 5.41) is 25.7. The van der Waals surface area contributed by atoms with Crippen LogP contribution in [0.2, 0.25) is 0 Å². The number of carbonyl (C=O) groups excluding carboxylic acids is 2. The number of fused-ring (bicyclic) bond motifs is 1. The maximum absolute atomic E-state index is 12.1. The lowest BCUT2D eigenvalue weighted by atomic mass is 10.1. The smallest absolute Gasteiger partial charge is 0.360 e. The summed E-state index contributed by atoms with van der Waals surface area (Å²) in [6, 6.07) is 15.5. The van der Waals surface area contributed by atoms with E-state index in [0.717, 1.165) is 5.56 Å². The van der Waals surface area contributed by atoms with Gasteiger partial charge in [0.1, 0.15) is 11.8 Å². The molecular formula is C21H18N4O4. The number of amides is 2. The predicted molar refractivity (Wildman–Crippen MR) is 106 cm³/mol. The van der Waals surface area contributed by atoms with Crippen molar-refractivity contribution in [3.05, 3.63) is 65.5 Å². The fourth-order valence-corrected chi connectivity index (χ4v) is 2.76. The molecule has 2 amide bonds. The average molecular weight is 390 g/mol. The van der Waals surface area contributed by atoms with Crippen LogP contribution >= 0.6 is 0 Å². The van der Waals surface area contributed by atoms with Crippen LogP contribution in [-0.2, 0) is 11.3 Å². The minimum atomic E-state index is -0.814. The van der Waals surface area contributed by atoms with Gasteiger partial charge in [-0.25, -0.2) is 14.6 Å². The molecule has 3 aromatic rings. The summed E-state index contributed by atoms with van der Waals surface area (Å²) in [5.41, 5.74) is 0.976. The van der Waals surface area contributed by atoms with Crippen LogP contribution in [0.15, 0.2) is 48.5 Å². The fourth-order valence-electron chi connectivity index (χ4n) is 2.76. The highest BCUT2D eigenvalue weighted by Gasteiger charge is 2.20. The minimum Gasteiger partial charge on any atom is -0.505 e. The number of esters is 1. The number of carbonyl (C=O) groups is 2. The van der Waals surface area contributed by atoms with Gasteiger partial charge >= 0.3 is 12.0 Å². The summed E-state index contributed by atoms with van der Waals surface area (Å²) in [6.45, 7) is 2.09. The highest BCUT2D eigenvalue weighted by atomic mass is 16.5.